The van der Waals surface area contributed by atoms with E-state index in [9.17, 15) is 4.79 Å². The van der Waals surface area contributed by atoms with Gasteiger partial charge in [0.05, 0.1) is 17.5 Å². The molecule has 3 heterocycles. The number of H-pyrrole nitrogens is 1. The molecule has 2 atom stereocenters. The van der Waals surface area contributed by atoms with Gasteiger partial charge in [-0.15, -0.1) is 11.3 Å². The van der Waals surface area contributed by atoms with Gasteiger partial charge in [-0.2, -0.15) is 5.10 Å². The number of nitrogens with one attached hydrogen (secondary N) is 2. The third-order valence-corrected chi connectivity index (χ3v) is 5.38. The van der Waals surface area contributed by atoms with E-state index in [1.54, 1.807) is 6.20 Å². The van der Waals surface area contributed by atoms with Gasteiger partial charge in [-0.1, -0.05) is 30.3 Å². The number of thiazole rings is 1. The summed E-state index contributed by atoms with van der Waals surface area (Å²) in [4.78, 5) is 19.3. The van der Waals surface area contributed by atoms with Gasteiger partial charge < -0.3 is 10.2 Å². The quantitative estimate of drug-likeness (QED) is 0.746. The lowest BCUT2D eigenvalue weighted by atomic mass is 10.1. The van der Waals surface area contributed by atoms with Gasteiger partial charge in [-0.25, -0.2) is 4.98 Å². The number of nitrogens with zero attached hydrogens (tertiary/aromatic N) is 3. The first-order valence-corrected chi connectivity index (χ1v) is 9.60. The monoisotopic (exact) mass is 367 g/mol. The van der Waals surface area contributed by atoms with Crippen LogP contribution in [0.15, 0.2) is 41.9 Å². The maximum absolute atomic E-state index is 12.8. The Balaban J connectivity index is 1.60. The molecule has 0 unspecified atom stereocenters. The smallest absolute Gasteiger partial charge is 0.273 e. The number of aromatic nitrogens is 3. The third-order valence-electron chi connectivity index (χ3n) is 4.50. The number of benzene rings is 1. The van der Waals surface area contributed by atoms with Crippen LogP contribution in [0.3, 0.4) is 0 Å². The predicted molar refractivity (Wildman–Crippen MR) is 103 cm³/mol. The first-order valence-electron chi connectivity index (χ1n) is 8.72. The van der Waals surface area contributed by atoms with E-state index in [1.807, 2.05) is 40.6 Å². The van der Waals surface area contributed by atoms with Gasteiger partial charge in [0.15, 0.2) is 0 Å². The highest BCUT2D eigenvalue weighted by Gasteiger charge is 2.27. The molecule has 26 heavy (non-hydrogen) atoms. The third kappa shape index (κ3) is 3.27. The van der Waals surface area contributed by atoms with Crippen LogP contribution in [0.1, 0.15) is 24.3 Å². The van der Waals surface area contributed by atoms with Crippen molar-refractivity contribution in [3.05, 3.63) is 47.6 Å². The lowest BCUT2D eigenvalue weighted by molar-refractivity contribution is 0.0669. The zero-order valence-corrected chi connectivity index (χ0v) is 15.6. The summed E-state index contributed by atoms with van der Waals surface area (Å²) >= 11 is 1.48. The fourth-order valence-corrected chi connectivity index (χ4v) is 4.23. The molecule has 1 aromatic carbocycles. The first kappa shape index (κ1) is 16.9. The van der Waals surface area contributed by atoms with Crippen molar-refractivity contribution in [1.82, 2.24) is 25.4 Å². The summed E-state index contributed by atoms with van der Waals surface area (Å²) in [6.45, 7) is 5.61. The number of hydrogen-bond acceptors (Lipinski definition) is 5. The molecule has 134 valence electrons. The van der Waals surface area contributed by atoms with Gasteiger partial charge in [-0.3, -0.25) is 9.89 Å². The molecule has 2 N–H and O–H groups in total. The van der Waals surface area contributed by atoms with Crippen molar-refractivity contribution in [2.24, 2.45) is 0 Å². The van der Waals surface area contributed by atoms with Crippen LogP contribution in [0, 0.1) is 0 Å². The van der Waals surface area contributed by atoms with Crippen LogP contribution in [0.5, 0.6) is 0 Å². The van der Waals surface area contributed by atoms with Crippen molar-refractivity contribution >= 4 is 17.2 Å². The zero-order chi connectivity index (χ0) is 18.1. The maximum atomic E-state index is 12.8. The molecule has 1 fully saturated rings. The van der Waals surface area contributed by atoms with Crippen molar-refractivity contribution in [3.63, 3.8) is 0 Å². The largest absolute Gasteiger partial charge is 0.334 e. The molecule has 0 radical (unpaired) electrons. The number of aromatic amines is 1. The lowest BCUT2D eigenvalue weighted by Crippen LogP contribution is -2.55. The molecular formula is C19H21N5OS. The van der Waals surface area contributed by atoms with Crippen LogP contribution in [-0.2, 0) is 0 Å². The summed E-state index contributed by atoms with van der Waals surface area (Å²) in [6.07, 6.45) is 1.77. The first-order chi connectivity index (χ1) is 12.6. The Labute approximate surface area is 156 Å². The molecule has 1 aliphatic rings. The van der Waals surface area contributed by atoms with Crippen LogP contribution in [0.4, 0.5) is 0 Å². The van der Waals surface area contributed by atoms with Crippen molar-refractivity contribution in [1.29, 1.82) is 0 Å². The van der Waals surface area contributed by atoms with Gasteiger partial charge in [-0.05, 0) is 13.8 Å². The van der Waals surface area contributed by atoms with Crippen molar-refractivity contribution in [2.75, 3.05) is 13.1 Å². The predicted octanol–water partition coefficient (Wildman–Crippen LogP) is 3.02. The Morgan fingerprint density at radius 1 is 1.19 bits per heavy atom. The van der Waals surface area contributed by atoms with Crippen LogP contribution < -0.4 is 5.32 Å². The summed E-state index contributed by atoms with van der Waals surface area (Å²) in [5.41, 5.74) is 3.39. The molecule has 1 aliphatic heterocycles. The van der Waals surface area contributed by atoms with Crippen LogP contribution in [0.2, 0.25) is 0 Å². The Morgan fingerprint density at radius 3 is 2.65 bits per heavy atom. The summed E-state index contributed by atoms with van der Waals surface area (Å²) in [6, 6.07) is 10.6. The SMILES string of the molecule is C[C@@H]1CN(C(=O)c2csc(-c3cn[nH]c3-c3ccccc3)n2)C[C@H](C)N1. The van der Waals surface area contributed by atoms with E-state index in [1.165, 1.54) is 11.3 Å². The fourth-order valence-electron chi connectivity index (χ4n) is 3.42. The van der Waals surface area contributed by atoms with Gasteiger partial charge in [0.25, 0.3) is 5.91 Å². The molecule has 0 aliphatic carbocycles. The molecule has 0 saturated carbocycles. The molecule has 1 saturated heterocycles. The highest BCUT2D eigenvalue weighted by Crippen LogP contribution is 2.32. The van der Waals surface area contributed by atoms with Gasteiger partial charge >= 0.3 is 0 Å². The second kappa shape index (κ2) is 7.01. The topological polar surface area (TPSA) is 73.9 Å². The molecular weight excluding hydrogens is 346 g/mol. The van der Waals surface area contributed by atoms with Crippen LogP contribution in [-0.4, -0.2) is 51.2 Å². The van der Waals surface area contributed by atoms with E-state index in [0.29, 0.717) is 30.9 Å². The van der Waals surface area contributed by atoms with E-state index in [2.05, 4.69) is 34.3 Å². The summed E-state index contributed by atoms with van der Waals surface area (Å²) in [5, 5.41) is 13.3. The van der Waals surface area contributed by atoms with Crippen molar-refractivity contribution in [3.8, 4) is 21.8 Å². The van der Waals surface area contributed by atoms with E-state index in [0.717, 1.165) is 21.8 Å². The Bertz CT molecular complexity index is 894. The van der Waals surface area contributed by atoms with Crippen molar-refractivity contribution < 1.29 is 4.79 Å². The minimum Gasteiger partial charge on any atom is -0.334 e. The number of hydrogen-bond donors (Lipinski definition) is 2. The minimum atomic E-state index is -0.00236. The Kier molecular flexibility index (Phi) is 4.57. The second-order valence-corrected chi connectivity index (χ2v) is 7.60. The van der Waals surface area contributed by atoms with E-state index in [-0.39, 0.29) is 5.91 Å². The van der Waals surface area contributed by atoms with Gasteiger partial charge in [0, 0.05) is 36.1 Å². The number of carbonyl (C=O) groups is 1. The molecule has 2 aromatic heterocycles. The van der Waals surface area contributed by atoms with E-state index < -0.39 is 0 Å². The molecule has 0 bridgehead atoms. The van der Waals surface area contributed by atoms with Crippen LogP contribution >= 0.6 is 11.3 Å². The molecule has 3 aromatic rings. The lowest BCUT2D eigenvalue weighted by Gasteiger charge is -2.35. The number of rotatable bonds is 3. The van der Waals surface area contributed by atoms with Gasteiger partial charge in [0.2, 0.25) is 0 Å². The summed E-state index contributed by atoms with van der Waals surface area (Å²) in [7, 11) is 0. The number of piperazine rings is 1. The highest BCUT2D eigenvalue weighted by molar-refractivity contribution is 7.13. The minimum absolute atomic E-state index is 0.00236. The number of amides is 1. The van der Waals surface area contributed by atoms with E-state index in [4.69, 9.17) is 0 Å². The maximum Gasteiger partial charge on any atom is 0.273 e. The van der Waals surface area contributed by atoms with Gasteiger partial charge in [0.1, 0.15) is 10.7 Å². The normalized spacial score (nSPS) is 20.3. The average molecular weight is 367 g/mol. The standard InChI is InChI=1S/C19H21N5OS/c1-12-9-24(10-13(2)21-12)19(25)16-11-26-18(22-16)15-8-20-23-17(15)14-6-4-3-5-7-14/h3-8,11-13,21H,9-10H2,1-2H3,(H,20,23)/t12-,13+. The zero-order valence-electron chi connectivity index (χ0n) is 14.8. The number of carbonyl (C=O) groups excluding carboxylic acids is 1. The molecule has 7 heteroatoms. The molecule has 6 nitrogen and oxygen atoms in total. The Hall–Kier alpha value is -2.51. The molecule has 0 spiro atoms. The molecule has 4 rings (SSSR count). The Morgan fingerprint density at radius 2 is 1.92 bits per heavy atom. The molecule has 1 amide bonds. The average Bonchev–Trinajstić information content (AvgIpc) is 3.30. The summed E-state index contributed by atoms with van der Waals surface area (Å²) < 4.78 is 0. The second-order valence-electron chi connectivity index (χ2n) is 6.74. The van der Waals surface area contributed by atoms with E-state index >= 15 is 0 Å². The van der Waals surface area contributed by atoms with Crippen LogP contribution in [0.25, 0.3) is 21.8 Å². The highest BCUT2D eigenvalue weighted by atomic mass is 32.1. The van der Waals surface area contributed by atoms with Crippen molar-refractivity contribution in [2.45, 2.75) is 25.9 Å². The fraction of sp³-hybridized carbons (Fsp3) is 0.316. The summed E-state index contributed by atoms with van der Waals surface area (Å²) in [5.74, 6) is -0.00236.